The van der Waals surface area contributed by atoms with Gasteiger partial charge < -0.3 is 11.1 Å². The molecule has 2 rings (SSSR count). The molecule has 0 aliphatic carbocycles. The summed E-state index contributed by atoms with van der Waals surface area (Å²) in [6.45, 7) is 2.21. The molecule has 0 aliphatic heterocycles. The Hall–Kier alpha value is -2.28. The molecule has 2 aromatic carbocycles. The van der Waals surface area contributed by atoms with Crippen molar-refractivity contribution >= 4 is 23.2 Å². The van der Waals surface area contributed by atoms with Gasteiger partial charge in [0.25, 0.3) is 5.91 Å². The van der Waals surface area contributed by atoms with E-state index in [1.54, 1.807) is 30.3 Å². The Kier molecular flexibility index (Phi) is 4.99. The van der Waals surface area contributed by atoms with E-state index in [1.165, 1.54) is 0 Å². The molecule has 3 nitrogen and oxygen atoms in total. The number of hydrogen-bond donors (Lipinski definition) is 2. The first-order valence-electron chi connectivity index (χ1n) is 6.46. The summed E-state index contributed by atoms with van der Waals surface area (Å²) in [7, 11) is 0. The maximum atomic E-state index is 12.3. The number of halogens is 1. The number of anilines is 1. The zero-order chi connectivity index (χ0) is 15.2. The number of carbonyl (C=O) groups is 1. The van der Waals surface area contributed by atoms with Crippen molar-refractivity contribution < 1.29 is 4.79 Å². The Balaban J connectivity index is 2.24. The molecule has 0 fully saturated rings. The average molecular weight is 299 g/mol. The lowest BCUT2D eigenvalue weighted by Crippen LogP contribution is -2.12. The highest BCUT2D eigenvalue weighted by Crippen LogP contribution is 2.17. The fourth-order valence-corrected chi connectivity index (χ4v) is 2.10. The van der Waals surface area contributed by atoms with Crippen LogP contribution in [0.5, 0.6) is 0 Å². The van der Waals surface area contributed by atoms with Gasteiger partial charge in [-0.3, -0.25) is 4.79 Å². The van der Waals surface area contributed by atoms with Crippen LogP contribution in [0.2, 0.25) is 5.02 Å². The van der Waals surface area contributed by atoms with Gasteiger partial charge in [-0.2, -0.15) is 0 Å². The summed E-state index contributed by atoms with van der Waals surface area (Å²) in [6.07, 6.45) is 0. The molecule has 0 aromatic heterocycles. The third-order valence-corrected chi connectivity index (χ3v) is 2.99. The van der Waals surface area contributed by atoms with E-state index in [4.69, 9.17) is 17.3 Å². The number of rotatable bonds is 2. The van der Waals surface area contributed by atoms with Crippen molar-refractivity contribution in [3.05, 3.63) is 64.2 Å². The summed E-state index contributed by atoms with van der Waals surface area (Å²) in [5.74, 6) is 5.52. The second-order valence-electron chi connectivity index (χ2n) is 4.56. The predicted octanol–water partition coefficient (Wildman–Crippen LogP) is 3.21. The van der Waals surface area contributed by atoms with Crippen LogP contribution in [0.25, 0.3) is 0 Å². The highest BCUT2D eigenvalue weighted by Gasteiger charge is 2.08. The van der Waals surface area contributed by atoms with Crippen LogP contribution in [0.3, 0.4) is 0 Å². The van der Waals surface area contributed by atoms with E-state index in [0.717, 1.165) is 11.1 Å². The van der Waals surface area contributed by atoms with Crippen LogP contribution >= 0.6 is 11.6 Å². The molecule has 0 radical (unpaired) electrons. The normalized spacial score (nSPS) is 9.67. The topological polar surface area (TPSA) is 55.1 Å². The smallest absolute Gasteiger partial charge is 0.255 e. The van der Waals surface area contributed by atoms with Crippen LogP contribution in [-0.2, 0) is 0 Å². The summed E-state index contributed by atoms with van der Waals surface area (Å²) in [6, 6.07) is 12.5. The Labute approximate surface area is 129 Å². The van der Waals surface area contributed by atoms with Crippen LogP contribution in [0, 0.1) is 18.8 Å². The molecule has 0 unspecified atom stereocenters. The van der Waals surface area contributed by atoms with Gasteiger partial charge in [0, 0.05) is 21.8 Å². The quantitative estimate of drug-likeness (QED) is 0.837. The second-order valence-corrected chi connectivity index (χ2v) is 4.99. The fraction of sp³-hybridized carbons (Fsp3) is 0.118. The average Bonchev–Trinajstić information content (AvgIpc) is 2.44. The zero-order valence-electron chi connectivity index (χ0n) is 11.6. The monoisotopic (exact) mass is 298 g/mol. The molecule has 0 saturated heterocycles. The minimum Gasteiger partial charge on any atom is -0.322 e. The molecule has 0 saturated carbocycles. The highest BCUT2D eigenvalue weighted by atomic mass is 35.5. The van der Waals surface area contributed by atoms with E-state index >= 15 is 0 Å². The van der Waals surface area contributed by atoms with Crippen LogP contribution < -0.4 is 11.1 Å². The van der Waals surface area contributed by atoms with Crippen molar-refractivity contribution in [3.8, 4) is 11.8 Å². The van der Waals surface area contributed by atoms with Gasteiger partial charge >= 0.3 is 0 Å². The predicted molar refractivity (Wildman–Crippen MR) is 86.5 cm³/mol. The van der Waals surface area contributed by atoms with E-state index in [2.05, 4.69) is 17.2 Å². The summed E-state index contributed by atoms with van der Waals surface area (Å²) in [5, 5.41) is 3.39. The summed E-state index contributed by atoms with van der Waals surface area (Å²) < 4.78 is 0. The second kappa shape index (κ2) is 6.94. The number of hydrogen-bond acceptors (Lipinski definition) is 2. The molecule has 0 aliphatic rings. The third kappa shape index (κ3) is 4.35. The van der Waals surface area contributed by atoms with Crippen LogP contribution in [-0.4, -0.2) is 12.5 Å². The maximum absolute atomic E-state index is 12.3. The third-order valence-electron chi connectivity index (χ3n) is 2.76. The standard InChI is InChI=1S/C17H15ClN2O/c1-12-8-13(4-3-7-19)10-14(9-12)17(21)20-16-6-2-5-15(18)11-16/h2,5-6,8-11H,7,19H2,1H3,(H,20,21). The minimum atomic E-state index is -0.197. The van der Waals surface area contributed by atoms with E-state index in [0.29, 0.717) is 16.3 Å². The lowest BCUT2D eigenvalue weighted by molar-refractivity contribution is 0.102. The molecule has 3 N–H and O–H groups in total. The lowest BCUT2D eigenvalue weighted by atomic mass is 10.1. The molecule has 2 aromatic rings. The van der Waals surface area contributed by atoms with Gasteiger partial charge in [-0.05, 0) is 48.9 Å². The van der Waals surface area contributed by atoms with E-state index in [-0.39, 0.29) is 12.5 Å². The molecule has 0 atom stereocenters. The number of aryl methyl sites for hydroxylation is 1. The fourth-order valence-electron chi connectivity index (χ4n) is 1.91. The SMILES string of the molecule is Cc1cc(C#CCN)cc(C(=O)Nc2cccc(Cl)c2)c1. The number of amides is 1. The van der Waals surface area contributed by atoms with E-state index < -0.39 is 0 Å². The number of carbonyl (C=O) groups excluding carboxylic acids is 1. The molecule has 0 heterocycles. The molecule has 4 heteroatoms. The van der Waals surface area contributed by atoms with Gasteiger partial charge in [-0.15, -0.1) is 0 Å². The van der Waals surface area contributed by atoms with Crippen molar-refractivity contribution in [2.45, 2.75) is 6.92 Å². The van der Waals surface area contributed by atoms with E-state index in [9.17, 15) is 4.79 Å². The molecule has 0 spiro atoms. The molecule has 0 bridgehead atoms. The van der Waals surface area contributed by atoms with Crippen LogP contribution in [0.4, 0.5) is 5.69 Å². The van der Waals surface area contributed by atoms with Crippen molar-refractivity contribution in [2.24, 2.45) is 5.73 Å². The first kappa shape index (κ1) is 15.1. The Morgan fingerprint density at radius 1 is 1.29 bits per heavy atom. The number of nitrogens with one attached hydrogen (secondary N) is 1. The lowest BCUT2D eigenvalue weighted by Gasteiger charge is -2.07. The zero-order valence-corrected chi connectivity index (χ0v) is 12.4. The van der Waals surface area contributed by atoms with Crippen molar-refractivity contribution in [3.63, 3.8) is 0 Å². The van der Waals surface area contributed by atoms with Crippen molar-refractivity contribution in [1.29, 1.82) is 0 Å². The first-order valence-corrected chi connectivity index (χ1v) is 6.84. The van der Waals surface area contributed by atoms with Gasteiger partial charge in [0.2, 0.25) is 0 Å². The van der Waals surface area contributed by atoms with Crippen molar-refractivity contribution in [1.82, 2.24) is 0 Å². The van der Waals surface area contributed by atoms with Gasteiger partial charge in [0.15, 0.2) is 0 Å². The van der Waals surface area contributed by atoms with Gasteiger partial charge in [0.1, 0.15) is 0 Å². The summed E-state index contributed by atoms with van der Waals surface area (Å²) >= 11 is 5.90. The largest absolute Gasteiger partial charge is 0.322 e. The van der Waals surface area contributed by atoms with Crippen LogP contribution in [0.15, 0.2) is 42.5 Å². The molecule has 21 heavy (non-hydrogen) atoms. The maximum Gasteiger partial charge on any atom is 0.255 e. The number of nitrogens with two attached hydrogens (primary N) is 1. The van der Waals surface area contributed by atoms with E-state index in [1.807, 2.05) is 19.1 Å². The Morgan fingerprint density at radius 3 is 2.81 bits per heavy atom. The Bertz CT molecular complexity index is 729. The molecule has 1 amide bonds. The number of benzene rings is 2. The van der Waals surface area contributed by atoms with Gasteiger partial charge in [0.05, 0.1) is 6.54 Å². The summed E-state index contributed by atoms with van der Waals surface area (Å²) in [5.41, 5.74) is 8.31. The molecule has 106 valence electrons. The molecular weight excluding hydrogens is 284 g/mol. The molecular formula is C17H15ClN2O. The van der Waals surface area contributed by atoms with Gasteiger partial charge in [-0.25, -0.2) is 0 Å². The highest BCUT2D eigenvalue weighted by molar-refractivity contribution is 6.30. The van der Waals surface area contributed by atoms with Crippen LogP contribution in [0.1, 0.15) is 21.5 Å². The summed E-state index contributed by atoms with van der Waals surface area (Å²) in [4.78, 5) is 12.3. The van der Waals surface area contributed by atoms with Gasteiger partial charge in [-0.1, -0.05) is 29.5 Å². The van der Waals surface area contributed by atoms with Crippen molar-refractivity contribution in [2.75, 3.05) is 11.9 Å². The minimum absolute atomic E-state index is 0.197. The first-order chi connectivity index (χ1) is 10.1. The Morgan fingerprint density at radius 2 is 2.10 bits per heavy atom.